The predicted molar refractivity (Wildman–Crippen MR) is 74.8 cm³/mol. The van der Waals surface area contributed by atoms with Gasteiger partial charge in [-0.15, -0.1) is 17.5 Å². The first-order chi connectivity index (χ1) is 8.28. The smallest absolute Gasteiger partial charge is 0.0966 e. The highest BCUT2D eigenvalue weighted by Crippen LogP contribution is 2.14. The third-order valence-electron chi connectivity index (χ3n) is 3.46. The summed E-state index contributed by atoms with van der Waals surface area (Å²) in [5.74, 6) is 0.841. The first-order valence-electron chi connectivity index (χ1n) is 6.56. The third-order valence-corrected chi connectivity index (χ3v) is 3.46. The van der Waals surface area contributed by atoms with Gasteiger partial charge in [-0.2, -0.15) is 0 Å². The molecule has 5 nitrogen and oxygen atoms in total. The molecule has 1 aliphatic rings. The third kappa shape index (κ3) is 4.55. The molecule has 2 heterocycles. The average molecular weight is 274 g/mol. The summed E-state index contributed by atoms with van der Waals surface area (Å²) >= 11 is 0. The molecule has 1 aliphatic heterocycles. The number of piperidine rings is 1. The fraction of sp³-hybridized carbons (Fsp3) is 0.833. The van der Waals surface area contributed by atoms with Crippen molar-refractivity contribution in [3.63, 3.8) is 0 Å². The minimum absolute atomic E-state index is 0. The van der Waals surface area contributed by atoms with Crippen LogP contribution in [0.3, 0.4) is 0 Å². The maximum atomic E-state index is 4.16. The quantitative estimate of drug-likeness (QED) is 0.871. The Kier molecular flexibility index (Phi) is 6.60. The summed E-state index contributed by atoms with van der Waals surface area (Å²) in [6.07, 6.45) is 4.61. The lowest BCUT2D eigenvalue weighted by molar-refractivity contribution is 0.205. The molecule has 0 atom stereocenters. The van der Waals surface area contributed by atoms with Gasteiger partial charge in [0.1, 0.15) is 0 Å². The van der Waals surface area contributed by atoms with E-state index < -0.39 is 0 Å². The number of halogens is 1. The Morgan fingerprint density at radius 3 is 2.72 bits per heavy atom. The second-order valence-electron chi connectivity index (χ2n) is 4.90. The Morgan fingerprint density at radius 1 is 1.44 bits per heavy atom. The summed E-state index contributed by atoms with van der Waals surface area (Å²) in [7, 11) is 1.92. The van der Waals surface area contributed by atoms with E-state index in [2.05, 4.69) is 27.5 Å². The van der Waals surface area contributed by atoms with E-state index in [0.29, 0.717) is 0 Å². The minimum atomic E-state index is 0. The van der Waals surface area contributed by atoms with Crippen LogP contribution in [-0.2, 0) is 13.6 Å². The topological polar surface area (TPSA) is 46.0 Å². The molecule has 0 unspecified atom stereocenters. The SMILES string of the molecule is CCN(Cc1cn(C)nn1)CC1CCNCC1.Cl. The van der Waals surface area contributed by atoms with Crippen LogP contribution in [0, 0.1) is 5.92 Å². The van der Waals surface area contributed by atoms with E-state index in [1.807, 2.05) is 13.2 Å². The summed E-state index contributed by atoms with van der Waals surface area (Å²) in [4.78, 5) is 2.47. The number of nitrogens with one attached hydrogen (secondary N) is 1. The van der Waals surface area contributed by atoms with Gasteiger partial charge in [0.05, 0.1) is 5.69 Å². The van der Waals surface area contributed by atoms with Crippen LogP contribution in [0.1, 0.15) is 25.5 Å². The highest BCUT2D eigenvalue weighted by Gasteiger charge is 2.16. The Labute approximate surface area is 115 Å². The van der Waals surface area contributed by atoms with Gasteiger partial charge in [0.2, 0.25) is 0 Å². The number of aryl methyl sites for hydroxylation is 1. The predicted octanol–water partition coefficient (Wildman–Crippen LogP) is 1.06. The van der Waals surface area contributed by atoms with Crippen LogP contribution in [-0.4, -0.2) is 46.1 Å². The van der Waals surface area contributed by atoms with Crippen molar-refractivity contribution in [3.8, 4) is 0 Å². The number of aromatic nitrogens is 3. The lowest BCUT2D eigenvalue weighted by atomic mass is 9.97. The molecule has 1 aromatic rings. The number of rotatable bonds is 5. The van der Waals surface area contributed by atoms with Gasteiger partial charge in [-0.25, -0.2) is 0 Å². The maximum absolute atomic E-state index is 4.16. The Bertz CT molecular complexity index is 335. The Hall–Kier alpha value is -0.650. The maximum Gasteiger partial charge on any atom is 0.0966 e. The van der Waals surface area contributed by atoms with E-state index in [1.165, 1.54) is 32.5 Å². The molecule has 18 heavy (non-hydrogen) atoms. The Balaban J connectivity index is 0.00000162. The molecule has 1 N–H and O–H groups in total. The number of nitrogens with zero attached hydrogens (tertiary/aromatic N) is 4. The molecule has 0 aliphatic carbocycles. The van der Waals surface area contributed by atoms with Gasteiger partial charge in [-0.05, 0) is 38.4 Å². The van der Waals surface area contributed by atoms with Gasteiger partial charge in [0.25, 0.3) is 0 Å². The van der Waals surface area contributed by atoms with Gasteiger partial charge in [0.15, 0.2) is 0 Å². The Morgan fingerprint density at radius 2 is 2.17 bits per heavy atom. The van der Waals surface area contributed by atoms with Crippen molar-refractivity contribution in [3.05, 3.63) is 11.9 Å². The molecule has 0 bridgehead atoms. The zero-order valence-electron chi connectivity index (χ0n) is 11.3. The number of hydrogen-bond acceptors (Lipinski definition) is 4. The molecule has 0 spiro atoms. The molecule has 1 saturated heterocycles. The first kappa shape index (κ1) is 15.4. The van der Waals surface area contributed by atoms with Crippen LogP contribution in [0.4, 0.5) is 0 Å². The second kappa shape index (κ2) is 7.71. The van der Waals surface area contributed by atoms with E-state index in [1.54, 1.807) is 4.68 Å². The molecular weight excluding hydrogens is 250 g/mol. The fourth-order valence-corrected chi connectivity index (χ4v) is 2.43. The average Bonchev–Trinajstić information content (AvgIpc) is 2.75. The van der Waals surface area contributed by atoms with Crippen molar-refractivity contribution in [1.29, 1.82) is 0 Å². The number of hydrogen-bond donors (Lipinski definition) is 1. The molecule has 6 heteroatoms. The molecule has 0 aromatic carbocycles. The largest absolute Gasteiger partial charge is 0.317 e. The summed E-state index contributed by atoms with van der Waals surface area (Å²) < 4.78 is 1.77. The minimum Gasteiger partial charge on any atom is -0.317 e. The normalized spacial score (nSPS) is 16.8. The van der Waals surface area contributed by atoms with Gasteiger partial charge < -0.3 is 5.32 Å². The van der Waals surface area contributed by atoms with Gasteiger partial charge in [0, 0.05) is 26.3 Å². The summed E-state index contributed by atoms with van der Waals surface area (Å²) in [5, 5.41) is 11.6. The van der Waals surface area contributed by atoms with Crippen molar-refractivity contribution in [2.24, 2.45) is 13.0 Å². The molecule has 0 saturated carbocycles. The molecule has 1 fully saturated rings. The molecule has 1 aromatic heterocycles. The molecule has 0 amide bonds. The molecular formula is C12H24ClN5. The van der Waals surface area contributed by atoms with Crippen molar-refractivity contribution >= 4 is 12.4 Å². The first-order valence-corrected chi connectivity index (χ1v) is 6.56. The van der Waals surface area contributed by atoms with Crippen LogP contribution in [0.15, 0.2) is 6.20 Å². The summed E-state index contributed by atoms with van der Waals surface area (Å²) in [5.41, 5.74) is 1.07. The standard InChI is InChI=1S/C12H23N5.ClH/c1-3-17(8-11-4-6-13-7-5-11)10-12-9-16(2)15-14-12;/h9,11,13H,3-8,10H2,1-2H3;1H. The van der Waals surface area contributed by atoms with Gasteiger partial charge in [-0.1, -0.05) is 12.1 Å². The highest BCUT2D eigenvalue weighted by atomic mass is 35.5. The van der Waals surface area contributed by atoms with E-state index >= 15 is 0 Å². The van der Waals surface area contributed by atoms with Crippen molar-refractivity contribution in [1.82, 2.24) is 25.2 Å². The van der Waals surface area contributed by atoms with E-state index in [4.69, 9.17) is 0 Å². The monoisotopic (exact) mass is 273 g/mol. The van der Waals surface area contributed by atoms with Crippen molar-refractivity contribution in [2.45, 2.75) is 26.3 Å². The second-order valence-corrected chi connectivity index (χ2v) is 4.90. The highest BCUT2D eigenvalue weighted by molar-refractivity contribution is 5.85. The van der Waals surface area contributed by atoms with Crippen LogP contribution >= 0.6 is 12.4 Å². The van der Waals surface area contributed by atoms with Crippen LogP contribution < -0.4 is 5.32 Å². The summed E-state index contributed by atoms with van der Waals surface area (Å²) in [6.45, 7) is 7.77. The van der Waals surface area contributed by atoms with Gasteiger partial charge >= 0.3 is 0 Å². The molecule has 2 rings (SSSR count). The zero-order valence-corrected chi connectivity index (χ0v) is 12.1. The van der Waals surface area contributed by atoms with Crippen LogP contribution in [0.2, 0.25) is 0 Å². The lowest BCUT2D eigenvalue weighted by Crippen LogP contribution is -2.36. The van der Waals surface area contributed by atoms with Crippen molar-refractivity contribution in [2.75, 3.05) is 26.2 Å². The molecule has 104 valence electrons. The molecule has 0 radical (unpaired) electrons. The zero-order chi connectivity index (χ0) is 12.1. The van der Waals surface area contributed by atoms with Crippen LogP contribution in [0.5, 0.6) is 0 Å². The van der Waals surface area contributed by atoms with E-state index in [-0.39, 0.29) is 12.4 Å². The van der Waals surface area contributed by atoms with E-state index in [9.17, 15) is 0 Å². The van der Waals surface area contributed by atoms with Gasteiger partial charge in [-0.3, -0.25) is 9.58 Å². The van der Waals surface area contributed by atoms with Crippen LogP contribution in [0.25, 0.3) is 0 Å². The lowest BCUT2D eigenvalue weighted by Gasteiger charge is -2.28. The summed E-state index contributed by atoms with van der Waals surface area (Å²) in [6, 6.07) is 0. The fourth-order valence-electron chi connectivity index (χ4n) is 2.43. The van der Waals surface area contributed by atoms with E-state index in [0.717, 1.165) is 24.7 Å². The van der Waals surface area contributed by atoms with Crippen molar-refractivity contribution < 1.29 is 0 Å².